The summed E-state index contributed by atoms with van der Waals surface area (Å²) in [6.07, 6.45) is 6.99. The lowest BCUT2D eigenvalue weighted by Crippen LogP contribution is -2.45. The van der Waals surface area contributed by atoms with Gasteiger partial charge in [0.05, 0.1) is 5.56 Å². The van der Waals surface area contributed by atoms with E-state index >= 15 is 0 Å². The summed E-state index contributed by atoms with van der Waals surface area (Å²) < 4.78 is 0. The molecule has 1 saturated heterocycles. The van der Waals surface area contributed by atoms with Crippen LogP contribution in [0.15, 0.2) is 29.2 Å². The van der Waals surface area contributed by atoms with Crippen LogP contribution < -0.4 is 5.32 Å². The number of carbonyl (C=O) groups excluding carboxylic acids is 1. The lowest BCUT2D eigenvalue weighted by Gasteiger charge is -2.33. The van der Waals surface area contributed by atoms with E-state index in [0.717, 1.165) is 42.3 Å². The van der Waals surface area contributed by atoms with Gasteiger partial charge in [-0.2, -0.15) is 0 Å². The number of hydrogen-bond donors (Lipinski definition) is 1. The molecule has 3 nitrogen and oxygen atoms in total. The Labute approximate surface area is 131 Å². The van der Waals surface area contributed by atoms with E-state index in [1.54, 1.807) is 11.8 Å². The van der Waals surface area contributed by atoms with Crippen LogP contribution in [0.4, 0.5) is 0 Å². The summed E-state index contributed by atoms with van der Waals surface area (Å²) in [5.74, 6) is 1.12. The summed E-state index contributed by atoms with van der Waals surface area (Å²) in [5.41, 5.74) is 0.856. The number of rotatable bonds is 5. The first-order valence-electron chi connectivity index (χ1n) is 7.93. The fraction of sp³-hybridized carbons (Fsp3) is 0.588. The van der Waals surface area contributed by atoms with Crippen molar-refractivity contribution in [2.45, 2.75) is 36.6 Å². The molecule has 0 bridgehead atoms. The van der Waals surface area contributed by atoms with Crippen LogP contribution in [0.3, 0.4) is 0 Å². The van der Waals surface area contributed by atoms with Gasteiger partial charge < -0.3 is 10.2 Å². The molecule has 21 heavy (non-hydrogen) atoms. The van der Waals surface area contributed by atoms with Crippen molar-refractivity contribution in [1.29, 1.82) is 0 Å². The van der Waals surface area contributed by atoms with Crippen LogP contribution in [0.25, 0.3) is 0 Å². The molecule has 1 aliphatic heterocycles. The number of amides is 1. The molecule has 1 aromatic rings. The molecule has 1 N–H and O–H groups in total. The van der Waals surface area contributed by atoms with E-state index in [0.29, 0.717) is 6.04 Å². The lowest BCUT2D eigenvalue weighted by molar-refractivity contribution is 0.0701. The van der Waals surface area contributed by atoms with E-state index in [1.807, 2.05) is 35.4 Å². The zero-order chi connectivity index (χ0) is 14.7. The molecule has 3 rings (SSSR count). The number of nitrogens with zero attached hydrogens (tertiary/aromatic N) is 1. The van der Waals surface area contributed by atoms with Gasteiger partial charge in [0.15, 0.2) is 0 Å². The normalized spacial score (nSPS) is 19.8. The highest BCUT2D eigenvalue weighted by molar-refractivity contribution is 7.98. The number of likely N-dealkylation sites (tertiary alicyclic amines) is 1. The van der Waals surface area contributed by atoms with Crippen LogP contribution >= 0.6 is 11.8 Å². The summed E-state index contributed by atoms with van der Waals surface area (Å²) in [4.78, 5) is 15.8. The maximum absolute atomic E-state index is 12.7. The van der Waals surface area contributed by atoms with Crippen molar-refractivity contribution in [3.05, 3.63) is 29.8 Å². The van der Waals surface area contributed by atoms with Crippen molar-refractivity contribution < 1.29 is 4.79 Å². The summed E-state index contributed by atoms with van der Waals surface area (Å²) in [7, 11) is 0. The predicted octanol–water partition coefficient (Wildman–Crippen LogP) is 3.01. The Morgan fingerprint density at radius 3 is 2.62 bits per heavy atom. The molecule has 114 valence electrons. The topological polar surface area (TPSA) is 32.3 Å². The molecule has 1 aliphatic carbocycles. The fourth-order valence-corrected chi connectivity index (χ4v) is 3.52. The Balaban J connectivity index is 1.54. The highest BCUT2D eigenvalue weighted by Crippen LogP contribution is 2.28. The van der Waals surface area contributed by atoms with Crippen LogP contribution in [-0.2, 0) is 0 Å². The number of thioether (sulfide) groups is 1. The lowest BCUT2D eigenvalue weighted by atomic mass is 10.0. The molecule has 1 aromatic carbocycles. The number of nitrogens with one attached hydrogen (secondary N) is 1. The summed E-state index contributed by atoms with van der Waals surface area (Å²) >= 11 is 1.65. The second-order valence-electron chi connectivity index (χ2n) is 6.12. The van der Waals surface area contributed by atoms with E-state index in [2.05, 4.69) is 5.32 Å². The second-order valence-corrected chi connectivity index (χ2v) is 6.97. The van der Waals surface area contributed by atoms with Crippen LogP contribution in [0.2, 0.25) is 0 Å². The molecule has 1 heterocycles. The predicted molar refractivity (Wildman–Crippen MR) is 87.9 cm³/mol. The Kier molecular flexibility index (Phi) is 4.86. The minimum Gasteiger partial charge on any atom is -0.338 e. The fourth-order valence-electron chi connectivity index (χ4n) is 2.93. The maximum Gasteiger partial charge on any atom is 0.254 e. The standard InChI is InChI=1S/C17H24N2OS/c1-21-16-5-3-2-4-15(16)17(20)19-10-8-14(9-11-19)18-12-13-6-7-13/h2-5,13-14,18H,6-12H2,1H3. The molecule has 0 unspecified atom stereocenters. The van der Waals surface area contributed by atoms with Gasteiger partial charge in [0.1, 0.15) is 0 Å². The number of benzene rings is 1. The van der Waals surface area contributed by atoms with Crippen LogP contribution in [-0.4, -0.2) is 42.7 Å². The van der Waals surface area contributed by atoms with Gasteiger partial charge in [0.25, 0.3) is 5.91 Å². The second kappa shape index (κ2) is 6.84. The van der Waals surface area contributed by atoms with Gasteiger partial charge in [0.2, 0.25) is 0 Å². The minimum absolute atomic E-state index is 0.195. The molecule has 0 aromatic heterocycles. The first-order valence-corrected chi connectivity index (χ1v) is 9.16. The third kappa shape index (κ3) is 3.80. The van der Waals surface area contributed by atoms with Crippen LogP contribution in [0.1, 0.15) is 36.0 Å². The summed E-state index contributed by atoms with van der Waals surface area (Å²) in [6, 6.07) is 8.53. The molecule has 2 aliphatic rings. The first-order chi connectivity index (χ1) is 10.3. The highest BCUT2D eigenvalue weighted by Gasteiger charge is 2.26. The monoisotopic (exact) mass is 304 g/mol. The first kappa shape index (κ1) is 14.9. The van der Waals surface area contributed by atoms with Crippen molar-refractivity contribution in [3.63, 3.8) is 0 Å². The molecular weight excluding hydrogens is 280 g/mol. The van der Waals surface area contributed by atoms with E-state index in [4.69, 9.17) is 0 Å². The van der Waals surface area contributed by atoms with Crippen LogP contribution in [0, 0.1) is 5.92 Å². The van der Waals surface area contributed by atoms with Gasteiger partial charge in [-0.05, 0) is 56.5 Å². The molecule has 2 fully saturated rings. The Hall–Kier alpha value is -1.00. The third-order valence-corrected chi connectivity index (χ3v) is 5.31. The van der Waals surface area contributed by atoms with Crippen molar-refractivity contribution in [3.8, 4) is 0 Å². The van der Waals surface area contributed by atoms with Gasteiger partial charge in [-0.1, -0.05) is 12.1 Å². The minimum atomic E-state index is 0.195. The van der Waals surface area contributed by atoms with Crippen molar-refractivity contribution in [1.82, 2.24) is 10.2 Å². The highest BCUT2D eigenvalue weighted by atomic mass is 32.2. The van der Waals surface area contributed by atoms with Gasteiger partial charge >= 0.3 is 0 Å². The van der Waals surface area contributed by atoms with Crippen LogP contribution in [0.5, 0.6) is 0 Å². The van der Waals surface area contributed by atoms with Crippen molar-refractivity contribution in [2.24, 2.45) is 5.92 Å². The zero-order valence-electron chi connectivity index (χ0n) is 12.7. The van der Waals surface area contributed by atoms with Gasteiger partial charge in [-0.3, -0.25) is 4.79 Å². The van der Waals surface area contributed by atoms with Gasteiger partial charge in [-0.15, -0.1) is 11.8 Å². The maximum atomic E-state index is 12.7. The average molecular weight is 304 g/mol. The molecular formula is C17H24N2OS. The zero-order valence-corrected chi connectivity index (χ0v) is 13.5. The number of piperidine rings is 1. The third-order valence-electron chi connectivity index (χ3n) is 4.51. The van der Waals surface area contributed by atoms with Crippen molar-refractivity contribution >= 4 is 17.7 Å². The van der Waals surface area contributed by atoms with Crippen molar-refractivity contribution in [2.75, 3.05) is 25.9 Å². The number of carbonyl (C=O) groups is 1. The molecule has 1 saturated carbocycles. The van der Waals surface area contributed by atoms with E-state index in [-0.39, 0.29) is 5.91 Å². The summed E-state index contributed by atoms with van der Waals surface area (Å²) in [5, 5.41) is 3.66. The van der Waals surface area contributed by atoms with E-state index in [9.17, 15) is 4.79 Å². The van der Waals surface area contributed by atoms with E-state index < -0.39 is 0 Å². The van der Waals surface area contributed by atoms with Gasteiger partial charge in [0, 0.05) is 24.0 Å². The SMILES string of the molecule is CSc1ccccc1C(=O)N1CCC(NCC2CC2)CC1. The largest absolute Gasteiger partial charge is 0.338 e. The quantitative estimate of drug-likeness (QED) is 0.849. The Morgan fingerprint density at radius 1 is 1.24 bits per heavy atom. The summed E-state index contributed by atoms with van der Waals surface area (Å²) in [6.45, 7) is 2.93. The average Bonchev–Trinajstić information content (AvgIpc) is 3.37. The van der Waals surface area contributed by atoms with Gasteiger partial charge in [-0.25, -0.2) is 0 Å². The number of hydrogen-bond acceptors (Lipinski definition) is 3. The smallest absolute Gasteiger partial charge is 0.254 e. The Morgan fingerprint density at radius 2 is 1.95 bits per heavy atom. The molecule has 0 spiro atoms. The molecule has 0 radical (unpaired) electrons. The molecule has 0 atom stereocenters. The molecule has 4 heteroatoms. The Bertz CT molecular complexity index is 493. The molecule has 1 amide bonds. The van der Waals surface area contributed by atoms with E-state index in [1.165, 1.54) is 19.4 Å².